The van der Waals surface area contributed by atoms with E-state index in [1.165, 1.54) is 5.56 Å². The van der Waals surface area contributed by atoms with Crippen molar-refractivity contribution in [3.8, 4) is 11.3 Å². The first-order valence-electron chi connectivity index (χ1n) is 10.0. The quantitative estimate of drug-likeness (QED) is 0.327. The van der Waals surface area contributed by atoms with Crippen molar-refractivity contribution in [2.75, 3.05) is 4.90 Å². The van der Waals surface area contributed by atoms with Crippen molar-refractivity contribution in [1.82, 2.24) is 10.3 Å². The molecule has 0 spiro atoms. The van der Waals surface area contributed by atoms with Crippen LogP contribution in [0.4, 0.5) is 5.69 Å². The molecule has 2 unspecified atom stereocenters. The van der Waals surface area contributed by atoms with Gasteiger partial charge >= 0.3 is 0 Å². The van der Waals surface area contributed by atoms with Gasteiger partial charge in [-0.15, -0.1) is 0 Å². The predicted octanol–water partition coefficient (Wildman–Crippen LogP) is 6.59. The van der Waals surface area contributed by atoms with Crippen LogP contribution in [0.25, 0.3) is 11.3 Å². The molecule has 1 saturated heterocycles. The van der Waals surface area contributed by atoms with Crippen molar-refractivity contribution in [2.45, 2.75) is 19.0 Å². The van der Waals surface area contributed by atoms with Crippen molar-refractivity contribution < 1.29 is 4.42 Å². The molecule has 4 nitrogen and oxygen atoms in total. The summed E-state index contributed by atoms with van der Waals surface area (Å²) in [4.78, 5) is 6.70. The van der Waals surface area contributed by atoms with Crippen molar-refractivity contribution in [3.05, 3.63) is 107 Å². The highest BCUT2D eigenvalue weighted by molar-refractivity contribution is 9.10. The second-order valence-electron chi connectivity index (χ2n) is 7.52. The van der Waals surface area contributed by atoms with Gasteiger partial charge in [-0.25, -0.2) is 0 Å². The number of hydrogen-bond acceptors (Lipinski definition) is 3. The number of para-hydroxylation sites is 1. The van der Waals surface area contributed by atoms with Crippen molar-refractivity contribution in [1.29, 1.82) is 0 Å². The molecule has 6 heteroatoms. The van der Waals surface area contributed by atoms with Crippen LogP contribution in [-0.2, 0) is 0 Å². The van der Waals surface area contributed by atoms with Gasteiger partial charge in [0.15, 0.2) is 5.11 Å². The number of rotatable bonds is 4. The van der Waals surface area contributed by atoms with Gasteiger partial charge in [0.25, 0.3) is 0 Å². The number of nitrogens with one attached hydrogen (secondary N) is 1. The normalized spacial score (nSPS) is 18.3. The van der Waals surface area contributed by atoms with E-state index in [2.05, 4.69) is 68.4 Å². The summed E-state index contributed by atoms with van der Waals surface area (Å²) in [5.41, 5.74) is 4.14. The largest absolute Gasteiger partial charge is 0.459 e. The Morgan fingerprint density at radius 2 is 1.81 bits per heavy atom. The van der Waals surface area contributed by atoms with Crippen LogP contribution in [0, 0.1) is 6.92 Å². The Labute approximate surface area is 195 Å². The maximum atomic E-state index is 6.43. The monoisotopic (exact) mass is 489 g/mol. The Bertz CT molecular complexity index is 1230. The third-order valence-corrected chi connectivity index (χ3v) is 6.41. The molecule has 4 aromatic rings. The highest BCUT2D eigenvalue weighted by Gasteiger charge is 2.42. The molecule has 0 radical (unpaired) electrons. The summed E-state index contributed by atoms with van der Waals surface area (Å²) in [6.45, 7) is 2.07. The lowest BCUT2D eigenvalue weighted by atomic mass is 10.0. The Kier molecular flexibility index (Phi) is 5.34. The van der Waals surface area contributed by atoms with E-state index < -0.39 is 0 Å². The SMILES string of the molecule is Cc1ccc(-c2ccc(C3C(c4ccccn4)NC(=S)N3c3ccccc3)o2)c(Br)c1. The topological polar surface area (TPSA) is 41.3 Å². The van der Waals surface area contributed by atoms with Crippen molar-refractivity contribution in [3.63, 3.8) is 0 Å². The lowest BCUT2D eigenvalue weighted by Gasteiger charge is -2.26. The van der Waals surface area contributed by atoms with E-state index >= 15 is 0 Å². The number of thiocarbonyl (C=S) groups is 1. The number of hydrogen-bond donors (Lipinski definition) is 1. The lowest BCUT2D eigenvalue weighted by molar-refractivity contribution is 0.439. The van der Waals surface area contributed by atoms with Crippen LogP contribution in [0.5, 0.6) is 0 Å². The molecular formula is C25H20BrN3OS. The number of benzene rings is 2. The summed E-state index contributed by atoms with van der Waals surface area (Å²) in [7, 11) is 0. The minimum Gasteiger partial charge on any atom is -0.459 e. The van der Waals surface area contributed by atoms with Gasteiger partial charge < -0.3 is 14.6 Å². The maximum Gasteiger partial charge on any atom is 0.174 e. The average molecular weight is 490 g/mol. The van der Waals surface area contributed by atoms with Crippen LogP contribution in [0.15, 0.2) is 93.9 Å². The van der Waals surface area contributed by atoms with E-state index in [9.17, 15) is 0 Å². The fourth-order valence-corrected chi connectivity index (χ4v) is 5.02. The lowest BCUT2D eigenvalue weighted by Crippen LogP contribution is -2.29. The summed E-state index contributed by atoms with van der Waals surface area (Å²) >= 11 is 9.42. The maximum absolute atomic E-state index is 6.43. The zero-order chi connectivity index (χ0) is 21.4. The van der Waals surface area contributed by atoms with Crippen molar-refractivity contribution >= 4 is 38.9 Å². The third kappa shape index (κ3) is 3.77. The average Bonchev–Trinajstić information content (AvgIpc) is 3.39. The Morgan fingerprint density at radius 1 is 1.00 bits per heavy atom. The Hall–Kier alpha value is -2.96. The summed E-state index contributed by atoms with van der Waals surface area (Å²) in [5.74, 6) is 1.64. The third-order valence-electron chi connectivity index (χ3n) is 5.44. The minimum atomic E-state index is -0.164. The molecule has 0 saturated carbocycles. The van der Waals surface area contributed by atoms with Crippen LogP contribution < -0.4 is 10.2 Å². The second kappa shape index (κ2) is 8.29. The van der Waals surface area contributed by atoms with Gasteiger partial charge in [-0.1, -0.05) is 46.3 Å². The van der Waals surface area contributed by atoms with Crippen LogP contribution in [-0.4, -0.2) is 10.1 Å². The number of furan rings is 1. The van der Waals surface area contributed by atoms with E-state index in [4.69, 9.17) is 16.6 Å². The molecule has 5 rings (SSSR count). The van der Waals surface area contributed by atoms with Gasteiger partial charge in [-0.3, -0.25) is 4.98 Å². The van der Waals surface area contributed by atoms with Crippen LogP contribution in [0.2, 0.25) is 0 Å². The number of aromatic nitrogens is 1. The van der Waals surface area contributed by atoms with Crippen LogP contribution in [0.1, 0.15) is 29.1 Å². The first-order chi connectivity index (χ1) is 15.1. The molecule has 0 amide bonds. The first-order valence-corrected chi connectivity index (χ1v) is 11.2. The molecule has 154 valence electrons. The molecule has 0 bridgehead atoms. The van der Waals surface area contributed by atoms with Crippen LogP contribution in [0.3, 0.4) is 0 Å². The number of anilines is 1. The van der Waals surface area contributed by atoms with Gasteiger partial charge in [0.05, 0.1) is 11.7 Å². The zero-order valence-electron chi connectivity index (χ0n) is 16.8. The van der Waals surface area contributed by atoms with Gasteiger partial charge in [-0.2, -0.15) is 0 Å². The van der Waals surface area contributed by atoms with Crippen LogP contribution >= 0.6 is 28.1 Å². The molecule has 3 heterocycles. The fraction of sp³-hybridized carbons (Fsp3) is 0.120. The molecule has 1 aliphatic heterocycles. The standard InChI is InChI=1S/C25H20BrN3OS/c1-16-10-11-18(19(26)15-16)21-12-13-22(30-21)24-23(20-9-5-6-14-27-20)28-25(31)29(24)17-7-3-2-4-8-17/h2-15,23-24H,1H3,(H,28,31). The summed E-state index contributed by atoms with van der Waals surface area (Å²) in [5, 5.41) is 4.11. The summed E-state index contributed by atoms with van der Waals surface area (Å²) in [6.07, 6.45) is 1.80. The molecule has 2 atom stereocenters. The number of aryl methyl sites for hydroxylation is 1. The molecule has 1 fully saturated rings. The second-order valence-corrected chi connectivity index (χ2v) is 8.76. The predicted molar refractivity (Wildman–Crippen MR) is 131 cm³/mol. The van der Waals surface area contributed by atoms with Gasteiger partial charge in [0, 0.05) is 21.9 Å². The molecule has 1 aliphatic rings. The van der Waals surface area contributed by atoms with Gasteiger partial charge in [0.2, 0.25) is 0 Å². The molecule has 2 aromatic carbocycles. The Morgan fingerprint density at radius 3 is 2.55 bits per heavy atom. The molecular weight excluding hydrogens is 470 g/mol. The van der Waals surface area contributed by atoms with E-state index in [1.807, 2.05) is 48.5 Å². The van der Waals surface area contributed by atoms with Crippen molar-refractivity contribution in [2.24, 2.45) is 0 Å². The molecule has 2 aromatic heterocycles. The smallest absolute Gasteiger partial charge is 0.174 e. The first kappa shape index (κ1) is 20.0. The molecule has 0 aliphatic carbocycles. The highest BCUT2D eigenvalue weighted by atomic mass is 79.9. The number of halogens is 1. The van der Waals surface area contributed by atoms with Gasteiger partial charge in [-0.05, 0) is 73.2 Å². The number of pyridine rings is 1. The fourth-order valence-electron chi connectivity index (χ4n) is 3.99. The van der Waals surface area contributed by atoms with E-state index in [0.29, 0.717) is 5.11 Å². The van der Waals surface area contributed by atoms with Gasteiger partial charge in [0.1, 0.15) is 17.6 Å². The van der Waals surface area contributed by atoms with E-state index in [1.54, 1.807) is 6.20 Å². The Balaban J connectivity index is 1.60. The molecule has 1 N–H and O–H groups in total. The molecule has 31 heavy (non-hydrogen) atoms. The van der Waals surface area contributed by atoms with E-state index in [-0.39, 0.29) is 12.1 Å². The summed E-state index contributed by atoms with van der Waals surface area (Å²) < 4.78 is 7.44. The highest BCUT2D eigenvalue weighted by Crippen LogP contribution is 2.43. The minimum absolute atomic E-state index is 0.130. The van der Waals surface area contributed by atoms with E-state index in [0.717, 1.165) is 32.9 Å². The summed E-state index contributed by atoms with van der Waals surface area (Å²) in [6, 6.07) is 26.1. The number of nitrogens with zero attached hydrogens (tertiary/aromatic N) is 2. The zero-order valence-corrected chi connectivity index (χ0v) is 19.2.